The van der Waals surface area contributed by atoms with Gasteiger partial charge in [-0.1, -0.05) is 24.3 Å². The van der Waals surface area contributed by atoms with Crippen LogP contribution in [-0.4, -0.2) is 24.9 Å². The minimum Gasteiger partial charge on any atom is -0.347 e. The molecule has 0 bridgehead atoms. The summed E-state index contributed by atoms with van der Waals surface area (Å²) in [5.41, 5.74) is 2.02. The fourth-order valence-corrected chi connectivity index (χ4v) is 3.93. The number of hydrogen-bond donors (Lipinski definition) is 2. The van der Waals surface area contributed by atoms with E-state index in [0.717, 1.165) is 5.56 Å². The molecule has 2 aromatic rings. The Labute approximate surface area is 142 Å². The molecule has 1 amide bonds. The standard InChI is InChI=1S/C17H23N3O3S/c1-13(2)19-24(22,23)12-15-8-5-4-7-14(15)11-18-17(21)16-9-6-10-20(16)3/h4-10,13,19H,11-12H2,1-3H3,(H,18,21). The Morgan fingerprint density at radius 3 is 2.38 bits per heavy atom. The van der Waals surface area contributed by atoms with Crippen molar-refractivity contribution in [2.24, 2.45) is 7.05 Å². The third kappa shape index (κ3) is 4.94. The summed E-state index contributed by atoms with van der Waals surface area (Å²) in [5, 5.41) is 2.83. The molecule has 130 valence electrons. The van der Waals surface area contributed by atoms with Crippen LogP contribution >= 0.6 is 0 Å². The van der Waals surface area contributed by atoms with Gasteiger partial charge in [0.15, 0.2) is 0 Å². The first kappa shape index (κ1) is 18.2. The molecule has 7 heteroatoms. The maximum Gasteiger partial charge on any atom is 0.268 e. The number of amides is 1. The highest BCUT2D eigenvalue weighted by molar-refractivity contribution is 7.88. The lowest BCUT2D eigenvalue weighted by Gasteiger charge is -2.13. The molecule has 0 saturated carbocycles. The van der Waals surface area contributed by atoms with Crippen LogP contribution in [0.1, 0.15) is 35.5 Å². The average Bonchev–Trinajstić information content (AvgIpc) is 2.90. The second kappa shape index (κ2) is 7.63. The number of nitrogens with zero attached hydrogens (tertiary/aromatic N) is 1. The Morgan fingerprint density at radius 1 is 1.12 bits per heavy atom. The molecule has 0 atom stereocenters. The Bertz CT molecular complexity index is 810. The van der Waals surface area contributed by atoms with Crippen LogP contribution in [0.2, 0.25) is 0 Å². The van der Waals surface area contributed by atoms with Crippen LogP contribution in [0.4, 0.5) is 0 Å². The monoisotopic (exact) mass is 349 g/mol. The van der Waals surface area contributed by atoms with E-state index in [-0.39, 0.29) is 24.2 Å². The Balaban J connectivity index is 2.09. The Morgan fingerprint density at radius 2 is 1.79 bits per heavy atom. The van der Waals surface area contributed by atoms with Crippen molar-refractivity contribution in [3.8, 4) is 0 Å². The van der Waals surface area contributed by atoms with Gasteiger partial charge < -0.3 is 9.88 Å². The number of aromatic nitrogens is 1. The molecular weight excluding hydrogens is 326 g/mol. The van der Waals surface area contributed by atoms with Crippen molar-refractivity contribution in [1.29, 1.82) is 0 Å². The highest BCUT2D eigenvalue weighted by Gasteiger charge is 2.16. The van der Waals surface area contributed by atoms with Gasteiger partial charge in [0, 0.05) is 25.8 Å². The molecule has 0 fully saturated rings. The number of carbonyl (C=O) groups is 1. The first-order valence-electron chi connectivity index (χ1n) is 7.75. The topological polar surface area (TPSA) is 80.2 Å². The summed E-state index contributed by atoms with van der Waals surface area (Å²) in [7, 11) is -1.61. The fraction of sp³-hybridized carbons (Fsp3) is 0.353. The second-order valence-corrected chi connectivity index (χ2v) is 7.74. The number of nitrogens with one attached hydrogen (secondary N) is 2. The van der Waals surface area contributed by atoms with Crippen LogP contribution in [0.15, 0.2) is 42.6 Å². The van der Waals surface area contributed by atoms with E-state index < -0.39 is 10.0 Å². The molecule has 1 aromatic carbocycles. The van der Waals surface area contributed by atoms with Gasteiger partial charge in [0.25, 0.3) is 5.91 Å². The van der Waals surface area contributed by atoms with Crippen LogP contribution in [-0.2, 0) is 29.4 Å². The number of aryl methyl sites for hydroxylation is 1. The molecule has 1 heterocycles. The van der Waals surface area contributed by atoms with E-state index >= 15 is 0 Å². The van der Waals surface area contributed by atoms with Gasteiger partial charge in [0.05, 0.1) is 5.75 Å². The van der Waals surface area contributed by atoms with Gasteiger partial charge in [0.2, 0.25) is 10.0 Å². The van der Waals surface area contributed by atoms with Crippen LogP contribution < -0.4 is 10.0 Å². The summed E-state index contributed by atoms with van der Waals surface area (Å²) in [6, 6.07) is 10.6. The SMILES string of the molecule is CC(C)NS(=O)(=O)Cc1ccccc1CNC(=O)c1cccn1C. The average molecular weight is 349 g/mol. The molecule has 0 unspecified atom stereocenters. The normalized spacial score (nSPS) is 11.7. The highest BCUT2D eigenvalue weighted by atomic mass is 32.2. The molecule has 0 saturated heterocycles. The molecule has 0 spiro atoms. The number of sulfonamides is 1. The summed E-state index contributed by atoms with van der Waals surface area (Å²) < 4.78 is 28.6. The summed E-state index contributed by atoms with van der Waals surface area (Å²) >= 11 is 0. The quantitative estimate of drug-likeness (QED) is 0.800. The molecule has 0 aliphatic carbocycles. The minimum absolute atomic E-state index is 0.110. The second-order valence-electron chi connectivity index (χ2n) is 5.99. The zero-order valence-electron chi connectivity index (χ0n) is 14.1. The number of carbonyl (C=O) groups excluding carboxylic acids is 1. The first-order chi connectivity index (χ1) is 11.3. The number of hydrogen-bond acceptors (Lipinski definition) is 3. The molecule has 2 N–H and O–H groups in total. The van der Waals surface area contributed by atoms with Crippen molar-refractivity contribution < 1.29 is 13.2 Å². The summed E-state index contributed by atoms with van der Waals surface area (Å²) in [6.45, 7) is 3.84. The summed E-state index contributed by atoms with van der Waals surface area (Å²) in [4.78, 5) is 12.2. The largest absolute Gasteiger partial charge is 0.347 e. The third-order valence-corrected chi connectivity index (χ3v) is 5.02. The van der Waals surface area contributed by atoms with E-state index in [2.05, 4.69) is 10.0 Å². The zero-order chi connectivity index (χ0) is 17.7. The van der Waals surface area contributed by atoms with Gasteiger partial charge in [-0.2, -0.15) is 0 Å². The van der Waals surface area contributed by atoms with Crippen molar-refractivity contribution in [3.05, 3.63) is 59.4 Å². The van der Waals surface area contributed by atoms with E-state index in [9.17, 15) is 13.2 Å². The highest BCUT2D eigenvalue weighted by Crippen LogP contribution is 2.13. The Hall–Kier alpha value is -2.12. The van der Waals surface area contributed by atoms with Crippen LogP contribution in [0.5, 0.6) is 0 Å². The first-order valence-corrected chi connectivity index (χ1v) is 9.40. The summed E-state index contributed by atoms with van der Waals surface area (Å²) in [5.74, 6) is -0.304. The third-order valence-electron chi connectivity index (χ3n) is 3.49. The van der Waals surface area contributed by atoms with E-state index in [1.165, 1.54) is 0 Å². The minimum atomic E-state index is -3.41. The van der Waals surface area contributed by atoms with Gasteiger partial charge in [-0.3, -0.25) is 4.79 Å². The predicted octanol–water partition coefficient (Wildman–Crippen LogP) is 1.78. The van der Waals surface area contributed by atoms with Gasteiger partial charge in [-0.05, 0) is 37.1 Å². The lowest BCUT2D eigenvalue weighted by Crippen LogP contribution is -2.32. The van der Waals surface area contributed by atoms with Crippen molar-refractivity contribution in [1.82, 2.24) is 14.6 Å². The summed E-state index contributed by atoms with van der Waals surface area (Å²) in [6.07, 6.45) is 1.80. The van der Waals surface area contributed by atoms with E-state index in [0.29, 0.717) is 11.3 Å². The molecular formula is C17H23N3O3S. The van der Waals surface area contributed by atoms with E-state index in [4.69, 9.17) is 0 Å². The van der Waals surface area contributed by atoms with Crippen LogP contribution in [0.25, 0.3) is 0 Å². The molecule has 24 heavy (non-hydrogen) atoms. The van der Waals surface area contributed by atoms with Crippen molar-refractivity contribution in [2.75, 3.05) is 0 Å². The lowest BCUT2D eigenvalue weighted by molar-refractivity contribution is 0.0942. The van der Waals surface area contributed by atoms with Crippen LogP contribution in [0, 0.1) is 0 Å². The van der Waals surface area contributed by atoms with Crippen molar-refractivity contribution in [3.63, 3.8) is 0 Å². The number of rotatable bonds is 7. The predicted molar refractivity (Wildman–Crippen MR) is 93.9 cm³/mol. The molecule has 1 aromatic heterocycles. The van der Waals surface area contributed by atoms with Gasteiger partial charge in [-0.15, -0.1) is 0 Å². The zero-order valence-corrected chi connectivity index (χ0v) is 14.9. The van der Waals surface area contributed by atoms with Gasteiger partial charge in [0.1, 0.15) is 5.69 Å². The molecule has 0 aliphatic rings. The van der Waals surface area contributed by atoms with Crippen molar-refractivity contribution >= 4 is 15.9 Å². The molecule has 6 nitrogen and oxygen atoms in total. The van der Waals surface area contributed by atoms with Gasteiger partial charge >= 0.3 is 0 Å². The van der Waals surface area contributed by atoms with Crippen LogP contribution in [0.3, 0.4) is 0 Å². The van der Waals surface area contributed by atoms with E-state index in [1.807, 2.05) is 12.1 Å². The maximum absolute atomic E-state index is 12.2. The Kier molecular flexibility index (Phi) is 5.80. The fourth-order valence-electron chi connectivity index (χ4n) is 2.44. The van der Waals surface area contributed by atoms with E-state index in [1.54, 1.807) is 55.9 Å². The molecule has 0 aliphatic heterocycles. The van der Waals surface area contributed by atoms with Gasteiger partial charge in [-0.25, -0.2) is 13.1 Å². The number of benzene rings is 1. The molecule has 0 radical (unpaired) electrons. The smallest absolute Gasteiger partial charge is 0.268 e. The van der Waals surface area contributed by atoms with Crippen molar-refractivity contribution in [2.45, 2.75) is 32.2 Å². The maximum atomic E-state index is 12.2. The lowest BCUT2D eigenvalue weighted by atomic mass is 10.1. The molecule has 2 rings (SSSR count).